The minimum absolute atomic E-state index is 0.0690. The van der Waals surface area contributed by atoms with E-state index in [-0.39, 0.29) is 24.4 Å². The highest BCUT2D eigenvalue weighted by Gasteiger charge is 2.24. The lowest BCUT2D eigenvalue weighted by molar-refractivity contribution is -0.143. The molecule has 0 saturated carbocycles. The highest BCUT2D eigenvalue weighted by Crippen LogP contribution is 2.07. The van der Waals surface area contributed by atoms with Gasteiger partial charge in [0.15, 0.2) is 0 Å². The third kappa shape index (κ3) is 5.70. The molecule has 0 heterocycles. The first-order valence-corrected chi connectivity index (χ1v) is 5.64. The molecule has 0 aromatic carbocycles. The van der Waals surface area contributed by atoms with Crippen molar-refractivity contribution in [3.63, 3.8) is 0 Å². The Morgan fingerprint density at radius 3 is 2.19 bits per heavy atom. The van der Waals surface area contributed by atoms with Crippen LogP contribution in [0.1, 0.15) is 34.1 Å². The summed E-state index contributed by atoms with van der Waals surface area (Å²) in [6.07, 6.45) is 0.717. The van der Waals surface area contributed by atoms with Crippen molar-refractivity contribution >= 4 is 11.9 Å². The van der Waals surface area contributed by atoms with Crippen LogP contribution >= 0.6 is 0 Å². The molecule has 0 aliphatic rings. The summed E-state index contributed by atoms with van der Waals surface area (Å²) in [6.45, 7) is 7.72. The van der Waals surface area contributed by atoms with Crippen molar-refractivity contribution in [2.75, 3.05) is 6.54 Å². The molecule has 0 aliphatic carbocycles. The van der Waals surface area contributed by atoms with E-state index in [2.05, 4.69) is 10.6 Å². The Bertz CT molecular complexity index is 241. The highest BCUT2D eigenvalue weighted by atomic mass is 16.4. The van der Waals surface area contributed by atoms with E-state index in [1.807, 2.05) is 27.7 Å². The van der Waals surface area contributed by atoms with Gasteiger partial charge in [-0.1, -0.05) is 34.1 Å². The quantitative estimate of drug-likeness (QED) is 0.598. The van der Waals surface area contributed by atoms with Gasteiger partial charge in [-0.3, -0.25) is 4.79 Å². The molecule has 94 valence electrons. The van der Waals surface area contributed by atoms with E-state index in [4.69, 9.17) is 5.11 Å². The van der Waals surface area contributed by atoms with Gasteiger partial charge in [-0.05, 0) is 5.92 Å². The number of amides is 1. The molecule has 0 saturated heterocycles. The second kappa shape index (κ2) is 7.22. The molecule has 0 aromatic heterocycles. The van der Waals surface area contributed by atoms with E-state index in [9.17, 15) is 9.59 Å². The standard InChI is InChI=1S/C11H22N2O3/c1-5-8(4)10(11(15)16)13-9(14)6-12-7(2)3/h7-8,10,12H,5-6H2,1-4H3,(H,13,14)(H,15,16). The Labute approximate surface area is 96.6 Å². The lowest BCUT2D eigenvalue weighted by atomic mass is 9.99. The van der Waals surface area contributed by atoms with Gasteiger partial charge in [-0.25, -0.2) is 4.79 Å². The number of hydrogen-bond donors (Lipinski definition) is 3. The predicted molar refractivity (Wildman–Crippen MR) is 62.2 cm³/mol. The van der Waals surface area contributed by atoms with Gasteiger partial charge in [0.25, 0.3) is 0 Å². The van der Waals surface area contributed by atoms with Crippen molar-refractivity contribution in [1.29, 1.82) is 0 Å². The number of carboxylic acids is 1. The number of hydrogen-bond acceptors (Lipinski definition) is 3. The summed E-state index contributed by atoms with van der Waals surface area (Å²) >= 11 is 0. The molecule has 16 heavy (non-hydrogen) atoms. The van der Waals surface area contributed by atoms with E-state index in [1.54, 1.807) is 0 Å². The van der Waals surface area contributed by atoms with Crippen molar-refractivity contribution in [3.8, 4) is 0 Å². The van der Waals surface area contributed by atoms with Crippen LogP contribution in [0.3, 0.4) is 0 Å². The Hall–Kier alpha value is -1.10. The molecular weight excluding hydrogens is 208 g/mol. The number of nitrogens with one attached hydrogen (secondary N) is 2. The smallest absolute Gasteiger partial charge is 0.326 e. The second-order valence-electron chi connectivity index (χ2n) is 4.30. The molecule has 0 rings (SSSR count). The maximum Gasteiger partial charge on any atom is 0.326 e. The zero-order chi connectivity index (χ0) is 12.7. The lowest BCUT2D eigenvalue weighted by Crippen LogP contribution is -2.48. The van der Waals surface area contributed by atoms with Gasteiger partial charge in [0, 0.05) is 6.04 Å². The maximum atomic E-state index is 11.4. The summed E-state index contributed by atoms with van der Waals surface area (Å²) in [6, 6.07) is -0.593. The molecular formula is C11H22N2O3. The Balaban J connectivity index is 4.19. The van der Waals surface area contributed by atoms with E-state index >= 15 is 0 Å². The fraction of sp³-hybridized carbons (Fsp3) is 0.818. The van der Waals surface area contributed by atoms with Crippen molar-refractivity contribution in [3.05, 3.63) is 0 Å². The number of carbonyl (C=O) groups is 2. The molecule has 1 amide bonds. The van der Waals surface area contributed by atoms with Gasteiger partial charge in [-0.15, -0.1) is 0 Å². The van der Waals surface area contributed by atoms with Crippen LogP contribution in [0.4, 0.5) is 0 Å². The fourth-order valence-corrected chi connectivity index (χ4v) is 1.20. The lowest BCUT2D eigenvalue weighted by Gasteiger charge is -2.20. The first-order chi connectivity index (χ1) is 7.38. The third-order valence-corrected chi connectivity index (χ3v) is 2.47. The zero-order valence-corrected chi connectivity index (χ0v) is 10.4. The second-order valence-corrected chi connectivity index (χ2v) is 4.30. The maximum absolute atomic E-state index is 11.4. The predicted octanol–water partition coefficient (Wildman–Crippen LogP) is 0.600. The van der Waals surface area contributed by atoms with Crippen molar-refractivity contribution in [2.45, 2.75) is 46.2 Å². The van der Waals surface area contributed by atoms with Gasteiger partial charge in [-0.2, -0.15) is 0 Å². The van der Waals surface area contributed by atoms with Gasteiger partial charge in [0.05, 0.1) is 6.54 Å². The number of carbonyl (C=O) groups excluding carboxylic acids is 1. The number of aliphatic carboxylic acids is 1. The molecule has 2 atom stereocenters. The molecule has 0 radical (unpaired) electrons. The molecule has 0 bridgehead atoms. The van der Waals surface area contributed by atoms with E-state index < -0.39 is 12.0 Å². The van der Waals surface area contributed by atoms with E-state index in [0.29, 0.717) is 0 Å². The molecule has 0 fully saturated rings. The third-order valence-electron chi connectivity index (χ3n) is 2.47. The number of rotatable bonds is 7. The van der Waals surface area contributed by atoms with Crippen LogP contribution in [0.25, 0.3) is 0 Å². The van der Waals surface area contributed by atoms with Gasteiger partial charge < -0.3 is 15.7 Å². The first kappa shape index (κ1) is 14.9. The average molecular weight is 230 g/mol. The van der Waals surface area contributed by atoms with E-state index in [0.717, 1.165) is 6.42 Å². The van der Waals surface area contributed by atoms with Crippen LogP contribution in [0.5, 0.6) is 0 Å². The zero-order valence-electron chi connectivity index (χ0n) is 10.4. The summed E-state index contributed by atoms with van der Waals surface area (Å²) in [5.41, 5.74) is 0. The topological polar surface area (TPSA) is 78.4 Å². The van der Waals surface area contributed by atoms with Crippen LogP contribution in [0, 0.1) is 5.92 Å². The minimum atomic E-state index is -0.979. The molecule has 5 nitrogen and oxygen atoms in total. The largest absolute Gasteiger partial charge is 0.480 e. The van der Waals surface area contributed by atoms with Gasteiger partial charge in [0.2, 0.25) is 5.91 Å². The number of carboxylic acid groups (broad SMARTS) is 1. The normalized spacial score (nSPS) is 14.6. The fourth-order valence-electron chi connectivity index (χ4n) is 1.20. The SMILES string of the molecule is CCC(C)C(NC(=O)CNC(C)C)C(=O)O. The van der Waals surface area contributed by atoms with E-state index in [1.165, 1.54) is 0 Å². The molecule has 3 N–H and O–H groups in total. The van der Waals surface area contributed by atoms with Crippen molar-refractivity contribution < 1.29 is 14.7 Å². The van der Waals surface area contributed by atoms with Crippen LogP contribution in [-0.4, -0.2) is 35.6 Å². The minimum Gasteiger partial charge on any atom is -0.480 e. The monoisotopic (exact) mass is 230 g/mol. The van der Waals surface area contributed by atoms with Crippen LogP contribution in [-0.2, 0) is 9.59 Å². The molecule has 2 unspecified atom stereocenters. The summed E-state index contributed by atoms with van der Waals surface area (Å²) < 4.78 is 0. The van der Waals surface area contributed by atoms with Gasteiger partial charge >= 0.3 is 5.97 Å². The average Bonchev–Trinajstić information content (AvgIpc) is 2.21. The van der Waals surface area contributed by atoms with Crippen LogP contribution in [0.2, 0.25) is 0 Å². The van der Waals surface area contributed by atoms with Crippen molar-refractivity contribution in [2.24, 2.45) is 5.92 Å². The summed E-state index contributed by atoms with van der Waals surface area (Å²) in [5, 5.41) is 14.4. The Morgan fingerprint density at radius 1 is 1.25 bits per heavy atom. The highest BCUT2D eigenvalue weighted by molar-refractivity contribution is 5.84. The molecule has 5 heteroatoms. The summed E-state index contributed by atoms with van der Waals surface area (Å²) in [7, 11) is 0. The first-order valence-electron chi connectivity index (χ1n) is 5.64. The molecule has 0 aliphatic heterocycles. The van der Waals surface area contributed by atoms with Gasteiger partial charge in [0.1, 0.15) is 6.04 Å². The Morgan fingerprint density at radius 2 is 1.81 bits per heavy atom. The Kier molecular flexibility index (Phi) is 6.72. The van der Waals surface area contributed by atoms with Crippen molar-refractivity contribution in [1.82, 2.24) is 10.6 Å². The van der Waals surface area contributed by atoms with Crippen LogP contribution in [0.15, 0.2) is 0 Å². The summed E-state index contributed by atoms with van der Waals surface area (Å²) in [4.78, 5) is 22.4. The van der Waals surface area contributed by atoms with Crippen LogP contribution < -0.4 is 10.6 Å². The molecule has 0 aromatic rings. The molecule has 0 spiro atoms. The summed E-state index contributed by atoms with van der Waals surface area (Å²) in [5.74, 6) is -1.32.